The summed E-state index contributed by atoms with van der Waals surface area (Å²) in [5.74, 6) is -0.278. The molecule has 0 aliphatic carbocycles. The Bertz CT molecular complexity index is 583. The van der Waals surface area contributed by atoms with Crippen LogP contribution in [0.4, 0.5) is 5.69 Å². The minimum Gasteiger partial charge on any atom is -0.462 e. The van der Waals surface area contributed by atoms with Crippen molar-refractivity contribution in [2.45, 2.75) is 52.0 Å². The van der Waals surface area contributed by atoms with E-state index in [1.54, 1.807) is 13.0 Å². The summed E-state index contributed by atoms with van der Waals surface area (Å²) in [6.45, 7) is 4.23. The van der Waals surface area contributed by atoms with E-state index in [1.165, 1.54) is 0 Å². The van der Waals surface area contributed by atoms with Gasteiger partial charge >= 0.3 is 5.97 Å². The standard InChI is InChI=1S/C18H25NO4/c1-3-23-18(22)15-9-13-7-6-12(2)19-17(13)14(10-15)11-16(21)5-4-8-20/h9-10,12,19-20H,3-8,11H2,1-2H3. The molecule has 23 heavy (non-hydrogen) atoms. The number of hydrogen-bond acceptors (Lipinski definition) is 5. The number of rotatable bonds is 7. The van der Waals surface area contributed by atoms with E-state index in [0.29, 0.717) is 31.1 Å². The number of carbonyl (C=O) groups is 2. The van der Waals surface area contributed by atoms with E-state index in [4.69, 9.17) is 9.84 Å². The molecule has 0 saturated carbocycles. The Labute approximate surface area is 137 Å². The summed E-state index contributed by atoms with van der Waals surface area (Å²) in [6.07, 6.45) is 2.98. The van der Waals surface area contributed by atoms with Crippen molar-refractivity contribution in [3.63, 3.8) is 0 Å². The van der Waals surface area contributed by atoms with Crippen molar-refractivity contribution in [1.82, 2.24) is 0 Å². The molecule has 1 heterocycles. The number of carbonyl (C=O) groups excluding carboxylic acids is 2. The van der Waals surface area contributed by atoms with Gasteiger partial charge in [-0.25, -0.2) is 4.79 Å². The largest absolute Gasteiger partial charge is 0.462 e. The molecule has 0 fully saturated rings. The Morgan fingerprint density at radius 2 is 2.17 bits per heavy atom. The molecule has 1 unspecified atom stereocenters. The summed E-state index contributed by atoms with van der Waals surface area (Å²) in [5.41, 5.74) is 3.40. The quantitative estimate of drug-likeness (QED) is 0.755. The Balaban J connectivity index is 2.30. The van der Waals surface area contributed by atoms with Gasteiger partial charge in [0.05, 0.1) is 12.2 Å². The van der Waals surface area contributed by atoms with Gasteiger partial charge in [0.15, 0.2) is 0 Å². The predicted molar refractivity (Wildman–Crippen MR) is 88.8 cm³/mol. The second-order valence-electron chi connectivity index (χ2n) is 6.02. The molecule has 2 N–H and O–H groups in total. The van der Waals surface area contributed by atoms with E-state index in [9.17, 15) is 9.59 Å². The van der Waals surface area contributed by atoms with Crippen LogP contribution < -0.4 is 5.32 Å². The van der Waals surface area contributed by atoms with Crippen molar-refractivity contribution in [2.75, 3.05) is 18.5 Å². The molecule has 0 bridgehead atoms. The predicted octanol–water partition coefficient (Wildman–Crippen LogP) is 2.49. The van der Waals surface area contributed by atoms with E-state index in [2.05, 4.69) is 12.2 Å². The van der Waals surface area contributed by atoms with E-state index < -0.39 is 0 Å². The Hall–Kier alpha value is -1.88. The van der Waals surface area contributed by atoms with Crippen molar-refractivity contribution in [1.29, 1.82) is 0 Å². The van der Waals surface area contributed by atoms with Gasteiger partial charge in [-0.15, -0.1) is 0 Å². The lowest BCUT2D eigenvalue weighted by molar-refractivity contribution is -0.118. The van der Waals surface area contributed by atoms with Crippen LogP contribution >= 0.6 is 0 Å². The number of Topliss-reactive ketones (excluding diaryl/α,β-unsaturated/α-hetero) is 1. The second-order valence-corrected chi connectivity index (χ2v) is 6.02. The first-order valence-corrected chi connectivity index (χ1v) is 8.27. The van der Waals surface area contributed by atoms with Gasteiger partial charge in [0.2, 0.25) is 0 Å². The monoisotopic (exact) mass is 319 g/mol. The highest BCUT2D eigenvalue weighted by Gasteiger charge is 2.21. The summed E-state index contributed by atoms with van der Waals surface area (Å²) in [7, 11) is 0. The molecule has 126 valence electrons. The molecule has 1 atom stereocenters. The number of nitrogens with one attached hydrogen (secondary N) is 1. The fourth-order valence-electron chi connectivity index (χ4n) is 2.89. The molecule has 2 rings (SSSR count). The van der Waals surface area contributed by atoms with Crippen LogP contribution in [0.3, 0.4) is 0 Å². The maximum atomic E-state index is 12.1. The van der Waals surface area contributed by atoms with Crippen LogP contribution in [0.2, 0.25) is 0 Å². The van der Waals surface area contributed by atoms with Crippen LogP contribution in [-0.2, 0) is 22.4 Å². The fourth-order valence-corrected chi connectivity index (χ4v) is 2.89. The molecule has 0 aromatic heterocycles. The molecule has 0 saturated heterocycles. The molecule has 0 spiro atoms. The van der Waals surface area contributed by atoms with Crippen LogP contribution in [-0.4, -0.2) is 36.1 Å². The number of aliphatic hydroxyl groups is 1. The topological polar surface area (TPSA) is 75.6 Å². The van der Waals surface area contributed by atoms with E-state index in [-0.39, 0.29) is 24.8 Å². The zero-order chi connectivity index (χ0) is 16.8. The summed E-state index contributed by atoms with van der Waals surface area (Å²) in [4.78, 5) is 24.1. The number of hydrogen-bond donors (Lipinski definition) is 2. The van der Waals surface area contributed by atoms with Crippen LogP contribution in [0.5, 0.6) is 0 Å². The number of esters is 1. The van der Waals surface area contributed by atoms with Gasteiger partial charge < -0.3 is 15.2 Å². The minimum absolute atomic E-state index is 0.0159. The average Bonchev–Trinajstić information content (AvgIpc) is 2.53. The first-order valence-electron chi connectivity index (χ1n) is 8.27. The molecule has 0 radical (unpaired) electrons. The Morgan fingerprint density at radius 3 is 2.87 bits per heavy atom. The zero-order valence-corrected chi connectivity index (χ0v) is 13.9. The molecule has 5 nitrogen and oxygen atoms in total. The lowest BCUT2D eigenvalue weighted by Gasteiger charge is -2.27. The van der Waals surface area contributed by atoms with Crippen molar-refractivity contribution in [3.05, 3.63) is 28.8 Å². The molecular weight excluding hydrogens is 294 g/mol. The fraction of sp³-hybridized carbons (Fsp3) is 0.556. The van der Waals surface area contributed by atoms with Crippen LogP contribution in [0, 0.1) is 0 Å². The van der Waals surface area contributed by atoms with Crippen LogP contribution in [0.15, 0.2) is 12.1 Å². The third-order valence-corrected chi connectivity index (χ3v) is 4.05. The number of ether oxygens (including phenoxy) is 1. The van der Waals surface area contributed by atoms with Crippen LogP contribution in [0.1, 0.15) is 54.6 Å². The lowest BCUT2D eigenvalue weighted by atomic mass is 9.91. The minimum atomic E-state index is -0.349. The first kappa shape index (κ1) is 17.5. The number of ketones is 1. The number of fused-ring (bicyclic) bond motifs is 1. The van der Waals surface area contributed by atoms with Crippen molar-refractivity contribution in [2.24, 2.45) is 0 Å². The molecule has 0 amide bonds. The van der Waals surface area contributed by atoms with Gasteiger partial charge in [-0.2, -0.15) is 0 Å². The van der Waals surface area contributed by atoms with E-state index >= 15 is 0 Å². The van der Waals surface area contributed by atoms with Gasteiger partial charge in [0, 0.05) is 31.2 Å². The maximum Gasteiger partial charge on any atom is 0.338 e. The van der Waals surface area contributed by atoms with Gasteiger partial charge in [0.1, 0.15) is 5.78 Å². The summed E-state index contributed by atoms with van der Waals surface area (Å²) >= 11 is 0. The average molecular weight is 319 g/mol. The number of aliphatic hydroxyl groups excluding tert-OH is 1. The van der Waals surface area contributed by atoms with Gasteiger partial charge in [-0.3, -0.25) is 4.79 Å². The SMILES string of the molecule is CCOC(=O)c1cc2c(c(CC(=O)CCCO)c1)NC(C)CC2. The number of anilines is 1. The Morgan fingerprint density at radius 1 is 1.39 bits per heavy atom. The van der Waals surface area contributed by atoms with Crippen molar-refractivity contribution in [3.8, 4) is 0 Å². The molecule has 1 aliphatic heterocycles. The van der Waals surface area contributed by atoms with Gasteiger partial charge in [-0.1, -0.05) is 0 Å². The number of benzene rings is 1. The highest BCUT2D eigenvalue weighted by Crippen LogP contribution is 2.31. The highest BCUT2D eigenvalue weighted by atomic mass is 16.5. The third-order valence-electron chi connectivity index (χ3n) is 4.05. The third kappa shape index (κ3) is 4.55. The summed E-state index contributed by atoms with van der Waals surface area (Å²) in [5, 5.41) is 12.3. The lowest BCUT2D eigenvalue weighted by Crippen LogP contribution is -2.24. The molecular formula is C18H25NO4. The van der Waals surface area contributed by atoms with Gasteiger partial charge in [-0.05, 0) is 56.4 Å². The van der Waals surface area contributed by atoms with E-state index in [0.717, 1.165) is 29.7 Å². The van der Waals surface area contributed by atoms with Gasteiger partial charge in [0.25, 0.3) is 0 Å². The zero-order valence-electron chi connectivity index (χ0n) is 13.9. The van der Waals surface area contributed by atoms with E-state index in [1.807, 2.05) is 6.07 Å². The smallest absolute Gasteiger partial charge is 0.338 e. The maximum absolute atomic E-state index is 12.1. The molecule has 1 aromatic carbocycles. The van der Waals surface area contributed by atoms with Crippen LogP contribution in [0.25, 0.3) is 0 Å². The normalized spacial score (nSPS) is 16.4. The Kier molecular flexibility index (Phi) is 6.16. The molecule has 1 aromatic rings. The summed E-state index contributed by atoms with van der Waals surface area (Å²) < 4.78 is 5.09. The molecule has 1 aliphatic rings. The summed E-state index contributed by atoms with van der Waals surface area (Å²) in [6, 6.07) is 3.98. The molecule has 5 heteroatoms. The second kappa shape index (κ2) is 8.11. The highest BCUT2D eigenvalue weighted by molar-refractivity contribution is 5.92. The van der Waals surface area contributed by atoms with Crippen molar-refractivity contribution < 1.29 is 19.4 Å². The van der Waals surface area contributed by atoms with Crippen molar-refractivity contribution >= 4 is 17.4 Å². The number of aryl methyl sites for hydroxylation is 1. The first-order chi connectivity index (χ1) is 11.0.